The number of rotatable bonds is 3. The highest BCUT2D eigenvalue weighted by molar-refractivity contribution is 5.96. The van der Waals surface area contributed by atoms with Crippen LogP contribution in [0, 0.1) is 5.41 Å². The monoisotopic (exact) mass is 286 g/mol. The predicted octanol–water partition coefficient (Wildman–Crippen LogP) is 2.38. The van der Waals surface area contributed by atoms with Crippen molar-refractivity contribution < 1.29 is 4.79 Å². The Balaban J connectivity index is 1.79. The first-order valence-electron chi connectivity index (χ1n) is 7.59. The van der Waals surface area contributed by atoms with E-state index >= 15 is 0 Å². The second-order valence-corrected chi connectivity index (χ2v) is 6.03. The van der Waals surface area contributed by atoms with Gasteiger partial charge in [-0.15, -0.1) is 0 Å². The molecule has 1 atom stereocenters. The second-order valence-electron chi connectivity index (χ2n) is 6.03. The number of hydrogen-bond acceptors (Lipinski definition) is 3. The Morgan fingerprint density at radius 2 is 2.38 bits per heavy atom. The van der Waals surface area contributed by atoms with Gasteiger partial charge in [0, 0.05) is 18.8 Å². The molecule has 2 aromatic rings. The number of benzene rings is 1. The Hall–Kier alpha value is -1.88. The Morgan fingerprint density at radius 1 is 1.52 bits per heavy atom. The van der Waals surface area contributed by atoms with E-state index < -0.39 is 0 Å². The first-order chi connectivity index (χ1) is 10.1. The Morgan fingerprint density at radius 3 is 3.10 bits per heavy atom. The molecular weight excluding hydrogens is 264 g/mol. The maximum Gasteiger partial charge on any atom is 0.231 e. The summed E-state index contributed by atoms with van der Waals surface area (Å²) in [6, 6.07) is 5.91. The Bertz CT molecular complexity index is 655. The van der Waals surface area contributed by atoms with Gasteiger partial charge in [0.25, 0.3) is 0 Å². The van der Waals surface area contributed by atoms with Gasteiger partial charge in [0.1, 0.15) is 0 Å². The van der Waals surface area contributed by atoms with Gasteiger partial charge in [-0.1, -0.05) is 0 Å². The topological polar surface area (TPSA) is 59.0 Å². The van der Waals surface area contributed by atoms with E-state index in [1.807, 2.05) is 31.5 Å². The lowest BCUT2D eigenvalue weighted by Gasteiger charge is -2.32. The van der Waals surface area contributed by atoms with E-state index in [9.17, 15) is 4.79 Å². The summed E-state index contributed by atoms with van der Waals surface area (Å²) >= 11 is 0. The number of carbonyl (C=O) groups is 1. The van der Waals surface area contributed by atoms with Crippen LogP contribution < -0.4 is 10.6 Å². The number of imidazole rings is 1. The number of carbonyl (C=O) groups excluding carboxylic acids is 1. The van der Waals surface area contributed by atoms with E-state index in [2.05, 4.69) is 27.1 Å². The van der Waals surface area contributed by atoms with Gasteiger partial charge in [0.05, 0.1) is 22.8 Å². The molecule has 21 heavy (non-hydrogen) atoms. The van der Waals surface area contributed by atoms with E-state index in [4.69, 9.17) is 0 Å². The van der Waals surface area contributed by atoms with E-state index in [0.29, 0.717) is 0 Å². The lowest BCUT2D eigenvalue weighted by molar-refractivity contribution is -0.125. The fourth-order valence-electron chi connectivity index (χ4n) is 2.93. The third-order valence-electron chi connectivity index (χ3n) is 4.37. The molecule has 1 aromatic heterocycles. The van der Waals surface area contributed by atoms with Crippen molar-refractivity contribution >= 4 is 22.6 Å². The molecule has 0 unspecified atom stereocenters. The van der Waals surface area contributed by atoms with E-state index in [0.717, 1.165) is 49.2 Å². The largest absolute Gasteiger partial charge is 0.331 e. The zero-order valence-corrected chi connectivity index (χ0v) is 12.6. The number of aromatic nitrogens is 2. The smallest absolute Gasteiger partial charge is 0.231 e. The summed E-state index contributed by atoms with van der Waals surface area (Å²) in [5.74, 6) is 0.0870. The zero-order valence-electron chi connectivity index (χ0n) is 12.6. The molecule has 5 heteroatoms. The minimum Gasteiger partial charge on any atom is -0.331 e. The number of nitrogens with zero attached hydrogens (tertiary/aromatic N) is 2. The maximum absolute atomic E-state index is 12.5. The highest BCUT2D eigenvalue weighted by Gasteiger charge is 2.34. The van der Waals surface area contributed by atoms with Crippen molar-refractivity contribution in [2.24, 2.45) is 5.41 Å². The molecule has 0 spiro atoms. The number of anilines is 1. The molecule has 1 amide bonds. The van der Waals surface area contributed by atoms with Crippen LogP contribution in [0.3, 0.4) is 0 Å². The van der Waals surface area contributed by atoms with Crippen LogP contribution in [0.2, 0.25) is 0 Å². The third-order valence-corrected chi connectivity index (χ3v) is 4.37. The Labute approximate surface area is 124 Å². The molecule has 0 radical (unpaired) electrons. The molecule has 3 rings (SSSR count). The predicted molar refractivity (Wildman–Crippen MR) is 84.2 cm³/mol. The van der Waals surface area contributed by atoms with Gasteiger partial charge in [-0.2, -0.15) is 0 Å². The Kier molecular flexibility index (Phi) is 3.68. The van der Waals surface area contributed by atoms with E-state index in [1.54, 1.807) is 0 Å². The molecule has 0 saturated carbocycles. The summed E-state index contributed by atoms with van der Waals surface area (Å²) in [7, 11) is 0. The summed E-state index contributed by atoms with van der Waals surface area (Å²) < 4.78 is 2.09. The van der Waals surface area contributed by atoms with Crippen LogP contribution in [0.25, 0.3) is 11.0 Å². The average Bonchev–Trinajstić information content (AvgIpc) is 2.90. The molecule has 1 aromatic carbocycles. The van der Waals surface area contributed by atoms with Crippen LogP contribution in [-0.2, 0) is 11.3 Å². The molecule has 2 N–H and O–H groups in total. The quantitative estimate of drug-likeness (QED) is 0.911. The molecule has 1 aliphatic rings. The van der Waals surface area contributed by atoms with Crippen molar-refractivity contribution in [3.63, 3.8) is 0 Å². The van der Waals surface area contributed by atoms with Crippen molar-refractivity contribution in [1.82, 2.24) is 14.9 Å². The van der Waals surface area contributed by atoms with Gasteiger partial charge in [-0.25, -0.2) is 4.98 Å². The molecular formula is C16H22N4O. The van der Waals surface area contributed by atoms with Crippen LogP contribution in [0.4, 0.5) is 5.69 Å². The van der Waals surface area contributed by atoms with Crippen molar-refractivity contribution in [2.45, 2.75) is 33.2 Å². The van der Waals surface area contributed by atoms with Gasteiger partial charge >= 0.3 is 0 Å². The van der Waals surface area contributed by atoms with Gasteiger partial charge in [-0.05, 0) is 51.4 Å². The molecule has 112 valence electrons. The van der Waals surface area contributed by atoms with Crippen molar-refractivity contribution in [3.05, 3.63) is 24.5 Å². The number of amides is 1. The molecule has 1 fully saturated rings. The third kappa shape index (κ3) is 2.65. The molecule has 5 nitrogen and oxygen atoms in total. The molecule has 0 aliphatic carbocycles. The SMILES string of the molecule is CCn1cnc2cc(NC(=O)[C@]3(C)CCCNC3)ccc21. The first kappa shape index (κ1) is 14.1. The van der Waals surface area contributed by atoms with Crippen LogP contribution in [-0.4, -0.2) is 28.5 Å². The van der Waals surface area contributed by atoms with Crippen LogP contribution in [0.1, 0.15) is 26.7 Å². The summed E-state index contributed by atoms with van der Waals surface area (Å²) in [5, 5.41) is 6.35. The highest BCUT2D eigenvalue weighted by Crippen LogP contribution is 2.28. The van der Waals surface area contributed by atoms with Crippen molar-refractivity contribution in [2.75, 3.05) is 18.4 Å². The first-order valence-corrected chi connectivity index (χ1v) is 7.59. The molecule has 1 aliphatic heterocycles. The fourth-order valence-corrected chi connectivity index (χ4v) is 2.93. The highest BCUT2D eigenvalue weighted by atomic mass is 16.2. The number of piperidine rings is 1. The summed E-state index contributed by atoms with van der Waals surface area (Å²) in [6.45, 7) is 6.76. The summed E-state index contributed by atoms with van der Waals surface area (Å²) in [6.07, 6.45) is 3.81. The lowest BCUT2D eigenvalue weighted by Crippen LogP contribution is -2.46. The van der Waals surface area contributed by atoms with E-state index in [1.165, 1.54) is 0 Å². The molecule has 1 saturated heterocycles. The van der Waals surface area contributed by atoms with E-state index in [-0.39, 0.29) is 11.3 Å². The summed E-state index contributed by atoms with van der Waals surface area (Å²) in [5.41, 5.74) is 2.51. The van der Waals surface area contributed by atoms with Crippen LogP contribution in [0.15, 0.2) is 24.5 Å². The van der Waals surface area contributed by atoms with Gasteiger partial charge in [-0.3, -0.25) is 4.79 Å². The fraction of sp³-hybridized carbons (Fsp3) is 0.500. The summed E-state index contributed by atoms with van der Waals surface area (Å²) in [4.78, 5) is 16.9. The normalized spacial score (nSPS) is 22.4. The van der Waals surface area contributed by atoms with Crippen LogP contribution in [0.5, 0.6) is 0 Å². The second kappa shape index (κ2) is 5.48. The number of nitrogens with one attached hydrogen (secondary N) is 2. The van der Waals surface area contributed by atoms with Crippen LogP contribution >= 0.6 is 0 Å². The van der Waals surface area contributed by atoms with Gasteiger partial charge in [0.15, 0.2) is 0 Å². The zero-order chi connectivity index (χ0) is 14.9. The average molecular weight is 286 g/mol. The van der Waals surface area contributed by atoms with Gasteiger partial charge in [0.2, 0.25) is 5.91 Å². The minimum atomic E-state index is -0.323. The lowest BCUT2D eigenvalue weighted by atomic mass is 9.82. The molecule has 0 bridgehead atoms. The standard InChI is InChI=1S/C16H22N4O/c1-3-20-11-18-13-9-12(5-6-14(13)20)19-15(21)16(2)7-4-8-17-10-16/h5-6,9,11,17H,3-4,7-8,10H2,1-2H3,(H,19,21)/t16-/m1/s1. The van der Waals surface area contributed by atoms with Gasteiger partial charge < -0.3 is 15.2 Å². The van der Waals surface area contributed by atoms with Crippen molar-refractivity contribution in [3.8, 4) is 0 Å². The van der Waals surface area contributed by atoms with Crippen molar-refractivity contribution in [1.29, 1.82) is 0 Å². The minimum absolute atomic E-state index is 0.0870. The number of hydrogen-bond donors (Lipinski definition) is 2. The number of aryl methyl sites for hydroxylation is 1. The number of fused-ring (bicyclic) bond motifs is 1. The maximum atomic E-state index is 12.5. The molecule has 2 heterocycles.